The molecule has 194 valence electrons. The zero-order valence-corrected chi connectivity index (χ0v) is 19.7. The summed E-state index contributed by atoms with van der Waals surface area (Å²) in [6.45, 7) is 3.19. The smallest absolute Gasteiger partial charge is 0.453 e. The lowest BCUT2D eigenvalue weighted by molar-refractivity contribution is -0.202. The zero-order chi connectivity index (χ0) is 26.1. The Balaban J connectivity index is 1.47. The van der Waals surface area contributed by atoms with E-state index in [4.69, 9.17) is 18.9 Å². The van der Waals surface area contributed by atoms with Gasteiger partial charge in [-0.3, -0.25) is 0 Å². The molecule has 1 heterocycles. The van der Waals surface area contributed by atoms with Crippen molar-refractivity contribution in [2.75, 3.05) is 19.8 Å². The average molecular weight is 509 g/mol. The summed E-state index contributed by atoms with van der Waals surface area (Å²) in [4.78, 5) is 25.3. The molecule has 0 saturated heterocycles. The third-order valence-corrected chi connectivity index (χ3v) is 6.02. The number of carbonyl (C=O) groups excluding carboxylic acids is 2. The normalized spacial score (nSPS) is 18.4. The van der Waals surface area contributed by atoms with Crippen molar-refractivity contribution in [1.82, 2.24) is 5.32 Å². The molecular weight excluding hydrogens is 483 g/mol. The summed E-state index contributed by atoms with van der Waals surface area (Å²) in [5.41, 5.74) is 0.923. The number of carbonyl (C=O) groups is 2. The molecule has 11 heteroatoms. The number of aliphatic hydroxyl groups is 1. The van der Waals surface area contributed by atoms with Crippen LogP contribution in [-0.2, 0) is 38.1 Å². The van der Waals surface area contributed by atoms with Gasteiger partial charge >= 0.3 is 23.9 Å². The van der Waals surface area contributed by atoms with Crippen LogP contribution in [0.4, 0.5) is 13.2 Å². The van der Waals surface area contributed by atoms with Gasteiger partial charge in [0, 0.05) is 18.2 Å². The summed E-state index contributed by atoms with van der Waals surface area (Å²) in [5.74, 6) is -4.01. The van der Waals surface area contributed by atoms with Crippen molar-refractivity contribution in [3.8, 4) is 11.5 Å². The highest BCUT2D eigenvalue weighted by Gasteiger charge is 2.60. The monoisotopic (exact) mass is 509 g/mol. The van der Waals surface area contributed by atoms with Gasteiger partial charge in [-0.15, -0.1) is 0 Å². The van der Waals surface area contributed by atoms with Crippen LogP contribution < -0.4 is 14.8 Å². The molecule has 36 heavy (non-hydrogen) atoms. The highest BCUT2D eigenvalue weighted by Crippen LogP contribution is 2.47. The van der Waals surface area contributed by atoms with E-state index in [0.717, 1.165) is 17.7 Å². The maximum atomic E-state index is 13.0. The predicted octanol–water partition coefficient (Wildman–Crippen LogP) is 3.09. The second-order valence-electron chi connectivity index (χ2n) is 8.44. The number of nitrogens with one attached hydrogen (secondary N) is 1. The highest BCUT2D eigenvalue weighted by molar-refractivity contribution is 6.03. The van der Waals surface area contributed by atoms with E-state index in [2.05, 4.69) is 5.32 Å². The van der Waals surface area contributed by atoms with Gasteiger partial charge in [0.2, 0.25) is 0 Å². The molecule has 0 aromatic heterocycles. The summed E-state index contributed by atoms with van der Waals surface area (Å²) in [7, 11) is 0. The summed E-state index contributed by atoms with van der Waals surface area (Å²) in [6.07, 6.45) is -4.70. The summed E-state index contributed by atoms with van der Waals surface area (Å²) >= 11 is 0. The molecule has 0 saturated carbocycles. The minimum Gasteiger partial charge on any atom is -0.460 e. The number of hydrogen-bond donors (Lipinski definition) is 2. The van der Waals surface area contributed by atoms with Crippen molar-refractivity contribution in [3.05, 3.63) is 58.7 Å². The summed E-state index contributed by atoms with van der Waals surface area (Å²) < 4.78 is 60.4. The highest BCUT2D eigenvalue weighted by atomic mass is 19.4. The van der Waals surface area contributed by atoms with Gasteiger partial charge in [-0.25, -0.2) is 9.59 Å². The van der Waals surface area contributed by atoms with Gasteiger partial charge in [0.25, 0.3) is 0 Å². The van der Waals surface area contributed by atoms with E-state index in [-0.39, 0.29) is 42.9 Å². The van der Waals surface area contributed by atoms with E-state index in [0.29, 0.717) is 18.4 Å². The Kier molecular flexibility index (Phi) is 7.14. The first kappa shape index (κ1) is 25.8. The predicted molar refractivity (Wildman–Crippen MR) is 119 cm³/mol. The second kappa shape index (κ2) is 9.98. The van der Waals surface area contributed by atoms with E-state index in [9.17, 15) is 27.9 Å². The van der Waals surface area contributed by atoms with Crippen LogP contribution in [0.25, 0.3) is 0 Å². The molecule has 2 N–H and O–H groups in total. The number of esters is 2. The Morgan fingerprint density at radius 2 is 1.81 bits per heavy atom. The number of hydrogen-bond acceptors (Lipinski definition) is 8. The topological polar surface area (TPSA) is 103 Å². The number of benzene rings is 2. The molecule has 0 spiro atoms. The molecule has 2 atom stereocenters. The SMILES string of the molecule is CCOC(=O)C1(C(=O)OCC)Oc2ccc3c(c2O1)C[C@H](NC[C@@H](O)c1cccc(C(F)(F)F)c1)C3. The van der Waals surface area contributed by atoms with Crippen molar-refractivity contribution < 1.29 is 46.8 Å². The minimum absolute atomic E-state index is 0.00135. The first-order valence-electron chi connectivity index (χ1n) is 11.5. The molecule has 0 unspecified atom stereocenters. The molecule has 0 bridgehead atoms. The Labute approximate surface area is 205 Å². The molecule has 2 aromatic rings. The van der Waals surface area contributed by atoms with E-state index < -0.39 is 35.6 Å². The molecule has 4 rings (SSSR count). The lowest BCUT2D eigenvalue weighted by Crippen LogP contribution is -2.56. The molecule has 2 aromatic carbocycles. The van der Waals surface area contributed by atoms with Crippen LogP contribution in [0.3, 0.4) is 0 Å². The van der Waals surface area contributed by atoms with Gasteiger partial charge in [-0.1, -0.05) is 18.2 Å². The first-order valence-corrected chi connectivity index (χ1v) is 11.5. The fourth-order valence-electron chi connectivity index (χ4n) is 4.32. The Bertz CT molecular complexity index is 1130. The minimum atomic E-state index is -4.50. The first-order chi connectivity index (χ1) is 17.1. The van der Waals surface area contributed by atoms with E-state index in [1.165, 1.54) is 12.1 Å². The quantitative estimate of drug-likeness (QED) is 0.414. The van der Waals surface area contributed by atoms with Crippen LogP contribution in [0.1, 0.15) is 42.2 Å². The lowest BCUT2D eigenvalue weighted by atomic mass is 10.1. The van der Waals surface area contributed by atoms with Crippen molar-refractivity contribution in [3.63, 3.8) is 0 Å². The Morgan fingerprint density at radius 3 is 2.44 bits per heavy atom. The molecule has 0 fully saturated rings. The standard InChI is InChI=1S/C25H26F3NO7/c1-3-33-22(31)24(23(32)34-4-2)35-20-9-8-14-11-17(12-18(14)21(20)36-24)29-13-19(30)15-6-5-7-16(10-15)25(26,27)28/h5-10,17,19,29-30H,3-4,11-13H2,1-2H3/t17-,19-/m1/s1. The number of fused-ring (bicyclic) bond motifs is 3. The zero-order valence-electron chi connectivity index (χ0n) is 19.7. The Hall–Kier alpha value is -3.31. The van der Waals surface area contributed by atoms with Crippen LogP contribution in [0.2, 0.25) is 0 Å². The molecular formula is C25H26F3NO7. The van der Waals surface area contributed by atoms with Crippen LogP contribution in [0.15, 0.2) is 36.4 Å². The molecule has 0 amide bonds. The third-order valence-electron chi connectivity index (χ3n) is 6.02. The molecule has 1 aliphatic heterocycles. The van der Waals surface area contributed by atoms with Crippen molar-refractivity contribution >= 4 is 11.9 Å². The van der Waals surface area contributed by atoms with Gasteiger partial charge in [0.1, 0.15) is 0 Å². The number of alkyl halides is 3. The van der Waals surface area contributed by atoms with Gasteiger partial charge in [0.05, 0.1) is 24.9 Å². The van der Waals surface area contributed by atoms with Gasteiger partial charge in [-0.05, 0) is 56.0 Å². The molecule has 0 radical (unpaired) electrons. The van der Waals surface area contributed by atoms with E-state index in [1.807, 2.05) is 0 Å². The average Bonchev–Trinajstić information content (AvgIpc) is 3.44. The van der Waals surface area contributed by atoms with Crippen molar-refractivity contribution in [1.29, 1.82) is 0 Å². The maximum Gasteiger partial charge on any atom is 0.453 e. The number of halogens is 3. The summed E-state index contributed by atoms with van der Waals surface area (Å²) in [6, 6.07) is 7.78. The van der Waals surface area contributed by atoms with Crippen molar-refractivity contribution in [2.45, 2.75) is 50.8 Å². The third kappa shape index (κ3) is 4.85. The van der Waals surface area contributed by atoms with Gasteiger partial charge < -0.3 is 29.4 Å². The van der Waals surface area contributed by atoms with E-state index in [1.54, 1.807) is 26.0 Å². The number of aliphatic hydroxyl groups excluding tert-OH is 1. The maximum absolute atomic E-state index is 13.0. The van der Waals surface area contributed by atoms with E-state index >= 15 is 0 Å². The summed E-state index contributed by atoms with van der Waals surface area (Å²) in [5, 5.41) is 13.6. The van der Waals surface area contributed by atoms with Crippen LogP contribution in [0.5, 0.6) is 11.5 Å². The van der Waals surface area contributed by atoms with Gasteiger partial charge in [-0.2, -0.15) is 13.2 Å². The van der Waals surface area contributed by atoms with Gasteiger partial charge in [0.15, 0.2) is 11.5 Å². The number of rotatable bonds is 8. The van der Waals surface area contributed by atoms with Crippen LogP contribution >= 0.6 is 0 Å². The fraction of sp³-hybridized carbons (Fsp3) is 0.440. The molecule has 2 aliphatic rings. The Morgan fingerprint density at radius 1 is 1.11 bits per heavy atom. The van der Waals surface area contributed by atoms with Crippen molar-refractivity contribution in [2.24, 2.45) is 0 Å². The molecule has 1 aliphatic carbocycles. The lowest BCUT2D eigenvalue weighted by Gasteiger charge is -2.22. The largest absolute Gasteiger partial charge is 0.460 e. The van der Waals surface area contributed by atoms with Crippen LogP contribution in [0, 0.1) is 0 Å². The van der Waals surface area contributed by atoms with Crippen LogP contribution in [-0.4, -0.2) is 48.6 Å². The second-order valence-corrected chi connectivity index (χ2v) is 8.44. The molecule has 8 nitrogen and oxygen atoms in total. The number of ether oxygens (including phenoxy) is 4. The fourth-order valence-corrected chi connectivity index (χ4v) is 4.32.